The zero-order valence-corrected chi connectivity index (χ0v) is 5.74. The van der Waals surface area contributed by atoms with E-state index >= 15 is 0 Å². The molecule has 0 aromatic rings. The molecule has 3 nitrogen and oxygen atoms in total. The molecule has 3 heteroatoms. The fourth-order valence-electron chi connectivity index (χ4n) is 1.17. The van der Waals surface area contributed by atoms with Gasteiger partial charge in [-0.05, 0) is 6.42 Å². The lowest BCUT2D eigenvalue weighted by atomic mass is 9.99. The second-order valence-electron chi connectivity index (χ2n) is 2.57. The lowest BCUT2D eigenvalue weighted by Crippen LogP contribution is -2.14. The van der Waals surface area contributed by atoms with Gasteiger partial charge in [0, 0.05) is 0 Å². The molecule has 2 bridgehead atoms. The Morgan fingerprint density at radius 2 is 2.27 bits per heavy atom. The second-order valence-corrected chi connectivity index (χ2v) is 2.57. The van der Waals surface area contributed by atoms with E-state index in [1.807, 2.05) is 0 Å². The summed E-state index contributed by atoms with van der Waals surface area (Å²) in [5.41, 5.74) is 0.493. The highest BCUT2D eigenvalue weighted by molar-refractivity contribution is 6.01. The maximum absolute atomic E-state index is 11.0. The summed E-state index contributed by atoms with van der Waals surface area (Å²) in [6, 6.07) is 0. The molecule has 56 valence electrons. The average molecular weight is 150 g/mol. The summed E-state index contributed by atoms with van der Waals surface area (Å²) in [4.78, 5) is 21.9. The summed E-state index contributed by atoms with van der Waals surface area (Å²) in [6.07, 6.45) is 5.68. The molecule has 0 saturated carbocycles. The molecule has 1 aliphatic carbocycles. The van der Waals surface area contributed by atoms with Crippen molar-refractivity contribution >= 4 is 11.9 Å². The Hall–Kier alpha value is -1.38. The molecule has 3 aliphatic rings. The van der Waals surface area contributed by atoms with Gasteiger partial charge in [-0.15, -0.1) is 0 Å². The van der Waals surface area contributed by atoms with Crippen molar-refractivity contribution < 1.29 is 14.3 Å². The van der Waals surface area contributed by atoms with E-state index in [-0.39, 0.29) is 5.92 Å². The van der Waals surface area contributed by atoms with Crippen molar-refractivity contribution in [2.24, 2.45) is 5.92 Å². The number of fused-ring (bicyclic) bond motifs is 3. The zero-order valence-electron chi connectivity index (χ0n) is 5.74. The Bertz CT molecular complexity index is 286. The highest BCUT2D eigenvalue weighted by Crippen LogP contribution is 2.22. The van der Waals surface area contributed by atoms with Crippen LogP contribution in [0.4, 0.5) is 0 Å². The zero-order chi connectivity index (χ0) is 7.84. The topological polar surface area (TPSA) is 43.4 Å². The maximum atomic E-state index is 11.0. The van der Waals surface area contributed by atoms with Gasteiger partial charge in [0.2, 0.25) is 0 Å². The summed E-state index contributed by atoms with van der Waals surface area (Å²) in [5.74, 6) is -1.20. The first-order valence-corrected chi connectivity index (χ1v) is 3.42. The van der Waals surface area contributed by atoms with E-state index in [1.165, 1.54) is 0 Å². The van der Waals surface area contributed by atoms with Crippen LogP contribution in [0.2, 0.25) is 0 Å². The molecule has 11 heavy (non-hydrogen) atoms. The van der Waals surface area contributed by atoms with E-state index in [1.54, 1.807) is 18.2 Å². The van der Waals surface area contributed by atoms with Gasteiger partial charge in [0.15, 0.2) is 0 Å². The van der Waals surface area contributed by atoms with E-state index in [4.69, 9.17) is 0 Å². The molecule has 3 rings (SSSR count). The molecule has 1 atom stereocenters. The summed E-state index contributed by atoms with van der Waals surface area (Å²) in [6.45, 7) is 0. The average Bonchev–Trinajstić information content (AvgIpc) is 2.22. The second kappa shape index (κ2) is 2.05. The van der Waals surface area contributed by atoms with Crippen LogP contribution in [0, 0.1) is 5.92 Å². The van der Waals surface area contributed by atoms with E-state index in [0.29, 0.717) is 12.0 Å². The largest absolute Gasteiger partial charge is 0.389 e. The van der Waals surface area contributed by atoms with Crippen molar-refractivity contribution in [1.29, 1.82) is 0 Å². The van der Waals surface area contributed by atoms with Crippen molar-refractivity contribution in [2.75, 3.05) is 0 Å². The number of rotatable bonds is 0. The van der Waals surface area contributed by atoms with Crippen molar-refractivity contribution in [3.05, 3.63) is 23.8 Å². The van der Waals surface area contributed by atoms with Crippen molar-refractivity contribution in [3.8, 4) is 0 Å². The fourth-order valence-corrected chi connectivity index (χ4v) is 1.17. The number of hydrogen-bond acceptors (Lipinski definition) is 3. The molecule has 2 aliphatic heterocycles. The van der Waals surface area contributed by atoms with Gasteiger partial charge in [-0.3, -0.25) is 4.79 Å². The Labute approximate surface area is 63.3 Å². The summed E-state index contributed by atoms with van der Waals surface area (Å²) in [7, 11) is 0. The highest BCUT2D eigenvalue weighted by atomic mass is 16.6. The predicted molar refractivity (Wildman–Crippen MR) is 36.4 cm³/mol. The molecule has 0 spiro atoms. The van der Waals surface area contributed by atoms with Crippen LogP contribution in [0.25, 0.3) is 0 Å². The Morgan fingerprint density at radius 1 is 1.45 bits per heavy atom. The van der Waals surface area contributed by atoms with E-state index < -0.39 is 11.9 Å². The SMILES string of the molecule is O=C1OC(=O)C2C=CC1=CC2. The van der Waals surface area contributed by atoms with E-state index in [2.05, 4.69) is 4.74 Å². The van der Waals surface area contributed by atoms with Gasteiger partial charge in [0.25, 0.3) is 0 Å². The van der Waals surface area contributed by atoms with Crippen LogP contribution >= 0.6 is 0 Å². The number of carbonyl (C=O) groups excluding carboxylic acids is 2. The standard InChI is InChI=1S/C8H6O3/c9-7-5-1-2-6(4-3-5)8(10)11-7/h1-3,6H,4H2. The van der Waals surface area contributed by atoms with Crippen LogP contribution in [-0.4, -0.2) is 11.9 Å². The third-order valence-corrected chi connectivity index (χ3v) is 1.83. The quantitative estimate of drug-likeness (QED) is 0.374. The monoisotopic (exact) mass is 150 g/mol. The molecule has 1 unspecified atom stereocenters. The molecule has 0 aromatic carbocycles. The van der Waals surface area contributed by atoms with Gasteiger partial charge >= 0.3 is 11.9 Å². The third-order valence-electron chi connectivity index (χ3n) is 1.83. The molecular formula is C8H6O3. The first-order valence-electron chi connectivity index (χ1n) is 3.42. The minimum atomic E-state index is -0.522. The van der Waals surface area contributed by atoms with Crippen molar-refractivity contribution in [1.82, 2.24) is 0 Å². The maximum Gasteiger partial charge on any atom is 0.345 e. The smallest absolute Gasteiger partial charge is 0.345 e. The highest BCUT2D eigenvalue weighted by Gasteiger charge is 2.28. The van der Waals surface area contributed by atoms with Gasteiger partial charge in [-0.2, -0.15) is 0 Å². The van der Waals surface area contributed by atoms with Crippen LogP contribution in [0.1, 0.15) is 6.42 Å². The third kappa shape index (κ3) is 0.888. The van der Waals surface area contributed by atoms with Crippen molar-refractivity contribution in [3.63, 3.8) is 0 Å². The van der Waals surface area contributed by atoms with Crippen LogP contribution < -0.4 is 0 Å². The number of hydrogen-bond donors (Lipinski definition) is 0. The van der Waals surface area contributed by atoms with Gasteiger partial charge in [-0.25, -0.2) is 4.79 Å². The minimum absolute atomic E-state index is 0.245. The van der Waals surface area contributed by atoms with Crippen LogP contribution in [0.3, 0.4) is 0 Å². The normalized spacial score (nSPS) is 28.0. The molecule has 2 heterocycles. The molecule has 0 fully saturated rings. The van der Waals surface area contributed by atoms with Gasteiger partial charge in [0.1, 0.15) is 0 Å². The number of carbonyl (C=O) groups is 2. The van der Waals surface area contributed by atoms with Gasteiger partial charge in [-0.1, -0.05) is 18.2 Å². The van der Waals surface area contributed by atoms with E-state index in [9.17, 15) is 9.59 Å². The lowest BCUT2D eigenvalue weighted by Gasteiger charge is -2.03. The molecular weight excluding hydrogens is 144 g/mol. The van der Waals surface area contributed by atoms with Crippen LogP contribution in [0.5, 0.6) is 0 Å². The van der Waals surface area contributed by atoms with Gasteiger partial charge < -0.3 is 4.74 Å². The first kappa shape index (κ1) is 6.34. The summed E-state index contributed by atoms with van der Waals surface area (Å²) in [5, 5.41) is 0. The predicted octanol–water partition coefficient (Wildman–Crippen LogP) is 0.572. The molecule has 0 radical (unpaired) electrons. The minimum Gasteiger partial charge on any atom is -0.389 e. The molecule has 0 amide bonds. The van der Waals surface area contributed by atoms with Crippen LogP contribution in [0.15, 0.2) is 23.8 Å². The molecule has 0 N–H and O–H groups in total. The number of esters is 2. The first-order chi connectivity index (χ1) is 5.27. The Balaban J connectivity index is 2.44. The Kier molecular flexibility index (Phi) is 1.18. The number of allylic oxidation sites excluding steroid dienone is 1. The molecule has 0 saturated heterocycles. The summed E-state index contributed by atoms with van der Waals surface area (Å²) < 4.78 is 4.49. The van der Waals surface area contributed by atoms with Crippen molar-refractivity contribution in [2.45, 2.75) is 6.42 Å². The number of ether oxygens (including phenoxy) is 1. The van der Waals surface area contributed by atoms with E-state index in [0.717, 1.165) is 0 Å². The Morgan fingerprint density at radius 3 is 2.91 bits per heavy atom. The summed E-state index contributed by atoms with van der Waals surface area (Å²) >= 11 is 0. The van der Waals surface area contributed by atoms with Crippen LogP contribution in [-0.2, 0) is 14.3 Å². The fraction of sp³-hybridized carbons (Fsp3) is 0.250. The molecule has 0 aromatic heterocycles. The lowest BCUT2D eigenvalue weighted by molar-refractivity contribution is -0.157. The van der Waals surface area contributed by atoms with Gasteiger partial charge in [0.05, 0.1) is 11.5 Å².